The Morgan fingerprint density at radius 1 is 1.06 bits per heavy atom. The number of carboxylic acid groups (broad SMARTS) is 1. The Hall–Kier alpha value is -3.89. The third-order valence-corrected chi connectivity index (χ3v) is 5.19. The van der Waals surface area contributed by atoms with Gasteiger partial charge in [-0.3, -0.25) is 9.59 Å². The number of rotatable bonds is 11. The first kappa shape index (κ1) is 25.7. The first-order valence-electron chi connectivity index (χ1n) is 11.0. The highest BCUT2D eigenvalue weighted by molar-refractivity contribution is 5.94. The molecule has 0 saturated carbocycles. The summed E-state index contributed by atoms with van der Waals surface area (Å²) in [5, 5.41) is 21.2. The quantitative estimate of drug-likeness (QED) is 0.334. The summed E-state index contributed by atoms with van der Waals surface area (Å²) in [6, 6.07) is 13.6. The van der Waals surface area contributed by atoms with Crippen LogP contribution in [0.2, 0.25) is 0 Å². The minimum Gasteiger partial charge on any atom is -0.481 e. The van der Waals surface area contributed by atoms with E-state index >= 15 is 0 Å². The molecule has 3 N–H and O–H groups in total. The lowest BCUT2D eigenvalue weighted by Crippen LogP contribution is -2.25. The maximum Gasteiger partial charge on any atom is 0.470 e. The SMILES string of the molecule is CCCC[C@@H](Nc1ccc(C(=O)NCCC(=O)O)cc1)c1ccc(-c2nnc(C(F)(F)F)o2)cc1. The van der Waals surface area contributed by atoms with Crippen LogP contribution in [0.1, 0.15) is 60.5 Å². The van der Waals surface area contributed by atoms with E-state index in [2.05, 4.69) is 27.8 Å². The van der Waals surface area contributed by atoms with Gasteiger partial charge in [0.2, 0.25) is 5.89 Å². The normalized spacial score (nSPS) is 12.2. The number of nitrogens with one attached hydrogen (secondary N) is 2. The molecule has 0 unspecified atom stereocenters. The van der Waals surface area contributed by atoms with E-state index in [-0.39, 0.29) is 30.8 Å². The molecule has 0 aliphatic rings. The van der Waals surface area contributed by atoms with Gasteiger partial charge in [-0.25, -0.2) is 0 Å². The Labute approximate surface area is 199 Å². The molecule has 0 aliphatic heterocycles. The molecule has 11 heteroatoms. The Kier molecular flexibility index (Phi) is 8.45. The fraction of sp³-hybridized carbons (Fsp3) is 0.333. The van der Waals surface area contributed by atoms with E-state index in [1.807, 2.05) is 0 Å². The van der Waals surface area contributed by atoms with Crippen LogP contribution in [0.3, 0.4) is 0 Å². The maximum absolute atomic E-state index is 12.7. The van der Waals surface area contributed by atoms with Crippen LogP contribution in [0.15, 0.2) is 52.9 Å². The number of aliphatic carboxylic acids is 1. The van der Waals surface area contributed by atoms with E-state index in [1.165, 1.54) is 0 Å². The van der Waals surface area contributed by atoms with E-state index < -0.39 is 18.0 Å². The van der Waals surface area contributed by atoms with Crippen molar-refractivity contribution in [3.8, 4) is 11.5 Å². The topological polar surface area (TPSA) is 117 Å². The Morgan fingerprint density at radius 3 is 2.31 bits per heavy atom. The number of aromatic nitrogens is 2. The standard InChI is InChI=1S/C24H25F3N4O4/c1-2-3-4-19(29-18-11-9-16(10-12-18)21(34)28-14-13-20(32)33)15-5-7-17(8-6-15)22-30-31-23(35-22)24(25,26)27/h5-12,19,29H,2-4,13-14H2,1H3,(H,28,34)(H,32,33)/t19-/m1/s1. The molecule has 8 nitrogen and oxygen atoms in total. The summed E-state index contributed by atoms with van der Waals surface area (Å²) in [4.78, 5) is 22.7. The second kappa shape index (κ2) is 11.5. The van der Waals surface area contributed by atoms with Gasteiger partial charge in [-0.15, -0.1) is 10.2 Å². The van der Waals surface area contributed by atoms with Crippen molar-refractivity contribution in [1.29, 1.82) is 0 Å². The molecular formula is C24H25F3N4O4. The number of benzene rings is 2. The molecule has 3 rings (SSSR count). The first-order valence-corrected chi connectivity index (χ1v) is 11.0. The monoisotopic (exact) mass is 490 g/mol. The minimum absolute atomic E-state index is 0.0460. The molecule has 0 aliphatic carbocycles. The Balaban J connectivity index is 1.69. The number of carboxylic acids is 1. The molecule has 1 aromatic heterocycles. The van der Waals surface area contributed by atoms with Gasteiger partial charge >= 0.3 is 18.0 Å². The number of amides is 1. The van der Waals surface area contributed by atoms with E-state index in [9.17, 15) is 22.8 Å². The molecule has 1 amide bonds. The van der Waals surface area contributed by atoms with Crippen LogP contribution in [0.4, 0.5) is 18.9 Å². The molecule has 1 atom stereocenters. The molecule has 35 heavy (non-hydrogen) atoms. The smallest absolute Gasteiger partial charge is 0.470 e. The summed E-state index contributed by atoms with van der Waals surface area (Å²) in [5.74, 6) is -2.94. The zero-order valence-electron chi connectivity index (χ0n) is 18.9. The number of unbranched alkanes of at least 4 members (excludes halogenated alkanes) is 1. The largest absolute Gasteiger partial charge is 0.481 e. The van der Waals surface area contributed by atoms with Gasteiger partial charge in [0, 0.05) is 23.4 Å². The molecular weight excluding hydrogens is 465 g/mol. The van der Waals surface area contributed by atoms with Crippen LogP contribution in [0.5, 0.6) is 0 Å². The first-order chi connectivity index (χ1) is 16.7. The molecule has 0 bridgehead atoms. The average Bonchev–Trinajstić information content (AvgIpc) is 3.33. The summed E-state index contributed by atoms with van der Waals surface area (Å²) in [6.07, 6.45) is -2.11. The molecule has 3 aromatic rings. The Bertz CT molecular complexity index is 1130. The van der Waals surface area contributed by atoms with Crippen LogP contribution < -0.4 is 10.6 Å². The molecule has 186 valence electrons. The van der Waals surface area contributed by atoms with Crippen LogP contribution in [-0.2, 0) is 11.0 Å². The van der Waals surface area contributed by atoms with E-state index in [4.69, 9.17) is 9.52 Å². The summed E-state index contributed by atoms with van der Waals surface area (Å²) in [6.45, 7) is 2.12. The van der Waals surface area contributed by atoms with Gasteiger partial charge < -0.3 is 20.2 Å². The van der Waals surface area contributed by atoms with E-state index in [1.54, 1.807) is 48.5 Å². The fourth-order valence-electron chi connectivity index (χ4n) is 3.35. The predicted molar refractivity (Wildman–Crippen MR) is 122 cm³/mol. The van der Waals surface area contributed by atoms with Crippen molar-refractivity contribution in [2.45, 2.75) is 44.8 Å². The van der Waals surface area contributed by atoms with Crippen LogP contribution in [0.25, 0.3) is 11.5 Å². The number of nitrogens with zero attached hydrogens (tertiary/aromatic N) is 2. The number of carbonyl (C=O) groups is 2. The van der Waals surface area contributed by atoms with Gasteiger partial charge in [-0.1, -0.05) is 31.9 Å². The summed E-state index contributed by atoms with van der Waals surface area (Å²) in [5.41, 5.74) is 2.50. The van der Waals surface area contributed by atoms with Crippen LogP contribution in [-0.4, -0.2) is 33.7 Å². The lowest BCUT2D eigenvalue weighted by Gasteiger charge is -2.21. The van der Waals surface area contributed by atoms with Gasteiger partial charge in [0.25, 0.3) is 5.91 Å². The van der Waals surface area contributed by atoms with Gasteiger partial charge in [0.05, 0.1) is 12.5 Å². The highest BCUT2D eigenvalue weighted by Crippen LogP contribution is 2.31. The number of halogens is 3. The summed E-state index contributed by atoms with van der Waals surface area (Å²) < 4.78 is 42.9. The number of alkyl halides is 3. The van der Waals surface area contributed by atoms with Crippen molar-refractivity contribution in [2.24, 2.45) is 0 Å². The number of anilines is 1. The molecule has 1 heterocycles. The molecule has 0 radical (unpaired) electrons. The van der Waals surface area contributed by atoms with Gasteiger partial charge in [0.1, 0.15) is 0 Å². The van der Waals surface area contributed by atoms with Crippen molar-refractivity contribution in [3.05, 3.63) is 65.5 Å². The molecule has 0 fully saturated rings. The molecule has 0 spiro atoms. The molecule has 0 saturated heterocycles. The second-order valence-electron chi connectivity index (χ2n) is 7.85. The maximum atomic E-state index is 12.7. The number of hydrogen-bond acceptors (Lipinski definition) is 6. The third-order valence-electron chi connectivity index (χ3n) is 5.19. The van der Waals surface area contributed by atoms with Crippen LogP contribution >= 0.6 is 0 Å². The van der Waals surface area contributed by atoms with Crippen molar-refractivity contribution in [2.75, 3.05) is 11.9 Å². The zero-order chi connectivity index (χ0) is 25.4. The van der Waals surface area contributed by atoms with Crippen molar-refractivity contribution >= 4 is 17.6 Å². The molecule has 2 aromatic carbocycles. The lowest BCUT2D eigenvalue weighted by molar-refractivity contribution is -0.157. The summed E-state index contributed by atoms with van der Waals surface area (Å²) in [7, 11) is 0. The van der Waals surface area contributed by atoms with Crippen LogP contribution in [0, 0.1) is 0 Å². The Morgan fingerprint density at radius 2 is 1.74 bits per heavy atom. The number of carbonyl (C=O) groups excluding carboxylic acids is 1. The van der Waals surface area contributed by atoms with E-state index in [0.717, 1.165) is 30.5 Å². The predicted octanol–water partition coefficient (Wildman–Crippen LogP) is 5.30. The van der Waals surface area contributed by atoms with Gasteiger partial charge in [-0.2, -0.15) is 13.2 Å². The van der Waals surface area contributed by atoms with Crippen molar-refractivity contribution in [1.82, 2.24) is 15.5 Å². The summed E-state index contributed by atoms with van der Waals surface area (Å²) >= 11 is 0. The van der Waals surface area contributed by atoms with Crippen molar-refractivity contribution in [3.63, 3.8) is 0 Å². The van der Waals surface area contributed by atoms with Gasteiger partial charge in [-0.05, 0) is 48.4 Å². The number of hydrogen-bond donors (Lipinski definition) is 3. The van der Waals surface area contributed by atoms with E-state index in [0.29, 0.717) is 11.1 Å². The van der Waals surface area contributed by atoms with Gasteiger partial charge in [0.15, 0.2) is 0 Å². The second-order valence-corrected chi connectivity index (χ2v) is 7.85. The highest BCUT2D eigenvalue weighted by Gasteiger charge is 2.38. The fourth-order valence-corrected chi connectivity index (χ4v) is 3.35. The lowest BCUT2D eigenvalue weighted by atomic mass is 9.99. The highest BCUT2D eigenvalue weighted by atomic mass is 19.4. The zero-order valence-corrected chi connectivity index (χ0v) is 18.9. The minimum atomic E-state index is -4.70. The third kappa shape index (κ3) is 7.29. The van der Waals surface area contributed by atoms with Crippen molar-refractivity contribution < 1.29 is 32.3 Å². The average molecular weight is 490 g/mol.